The van der Waals surface area contributed by atoms with Crippen molar-refractivity contribution in [1.29, 1.82) is 0 Å². The van der Waals surface area contributed by atoms with Crippen LogP contribution in [0.3, 0.4) is 0 Å². The van der Waals surface area contributed by atoms with Crippen LogP contribution in [0.1, 0.15) is 50.6 Å². The van der Waals surface area contributed by atoms with E-state index in [4.69, 9.17) is 0 Å². The highest BCUT2D eigenvalue weighted by Crippen LogP contribution is 2.35. The van der Waals surface area contributed by atoms with E-state index in [1.54, 1.807) is 0 Å². The summed E-state index contributed by atoms with van der Waals surface area (Å²) >= 11 is 0. The molecule has 2 rings (SSSR count). The van der Waals surface area contributed by atoms with Crippen LogP contribution in [0, 0.1) is 5.92 Å². The maximum absolute atomic E-state index is 12.2. The van der Waals surface area contributed by atoms with E-state index in [1.807, 2.05) is 25.1 Å². The lowest BCUT2D eigenvalue weighted by atomic mass is 9.92. The standard InChI is InChI=1S/C17H26N2O2/c1-2-15(12-20)18-17(21)19-16(14-10-6-7-11-14)13-8-4-3-5-9-13/h3-5,8-9,14-16,20H,2,6-7,10-12H2,1H3,(H2,18,19,21). The van der Waals surface area contributed by atoms with Crippen LogP contribution in [0.4, 0.5) is 4.79 Å². The Balaban J connectivity index is 2.04. The fourth-order valence-electron chi connectivity index (χ4n) is 3.07. The Hall–Kier alpha value is -1.55. The summed E-state index contributed by atoms with van der Waals surface area (Å²) in [5.74, 6) is 0.507. The highest BCUT2D eigenvalue weighted by atomic mass is 16.3. The molecule has 2 unspecified atom stereocenters. The van der Waals surface area contributed by atoms with Gasteiger partial charge in [-0.1, -0.05) is 50.1 Å². The third-order valence-electron chi connectivity index (χ3n) is 4.36. The number of carbonyl (C=O) groups is 1. The van der Waals surface area contributed by atoms with Crippen molar-refractivity contribution < 1.29 is 9.90 Å². The number of amides is 2. The van der Waals surface area contributed by atoms with Crippen LogP contribution < -0.4 is 10.6 Å². The Labute approximate surface area is 126 Å². The van der Waals surface area contributed by atoms with Gasteiger partial charge in [0.2, 0.25) is 0 Å². The zero-order valence-corrected chi connectivity index (χ0v) is 12.7. The molecule has 2 atom stereocenters. The molecule has 3 N–H and O–H groups in total. The number of rotatable bonds is 6. The summed E-state index contributed by atoms with van der Waals surface area (Å²) in [6, 6.07) is 9.87. The Kier molecular flexibility index (Phi) is 6.05. The SMILES string of the molecule is CCC(CO)NC(=O)NC(c1ccccc1)C1CCCC1. The highest BCUT2D eigenvalue weighted by molar-refractivity contribution is 5.74. The summed E-state index contributed by atoms with van der Waals surface area (Å²) in [7, 11) is 0. The lowest BCUT2D eigenvalue weighted by Gasteiger charge is -2.26. The van der Waals surface area contributed by atoms with Crippen molar-refractivity contribution in [3.8, 4) is 0 Å². The zero-order chi connectivity index (χ0) is 15.1. The number of aliphatic hydroxyl groups is 1. The van der Waals surface area contributed by atoms with Gasteiger partial charge in [0.1, 0.15) is 0 Å². The smallest absolute Gasteiger partial charge is 0.315 e. The molecule has 0 radical (unpaired) electrons. The van der Waals surface area contributed by atoms with E-state index in [0.717, 1.165) is 24.8 Å². The second-order valence-electron chi connectivity index (χ2n) is 5.84. The van der Waals surface area contributed by atoms with Gasteiger partial charge in [0.15, 0.2) is 0 Å². The first-order valence-corrected chi connectivity index (χ1v) is 7.97. The third kappa shape index (κ3) is 4.46. The molecule has 1 fully saturated rings. The number of hydrogen-bond acceptors (Lipinski definition) is 2. The fraction of sp³-hybridized carbons (Fsp3) is 0.588. The maximum atomic E-state index is 12.2. The Bertz CT molecular complexity index is 426. The van der Waals surface area contributed by atoms with E-state index >= 15 is 0 Å². The molecule has 21 heavy (non-hydrogen) atoms. The van der Waals surface area contributed by atoms with Crippen molar-refractivity contribution in [3.63, 3.8) is 0 Å². The van der Waals surface area contributed by atoms with E-state index in [2.05, 4.69) is 22.8 Å². The van der Waals surface area contributed by atoms with Gasteiger partial charge >= 0.3 is 6.03 Å². The van der Waals surface area contributed by atoms with Gasteiger partial charge in [-0.3, -0.25) is 0 Å². The van der Waals surface area contributed by atoms with Gasteiger partial charge < -0.3 is 15.7 Å². The van der Waals surface area contributed by atoms with E-state index in [0.29, 0.717) is 5.92 Å². The first-order valence-electron chi connectivity index (χ1n) is 7.97. The minimum absolute atomic E-state index is 0.0245. The molecule has 0 spiro atoms. The van der Waals surface area contributed by atoms with Gasteiger partial charge in [-0.15, -0.1) is 0 Å². The van der Waals surface area contributed by atoms with Crippen molar-refractivity contribution in [2.45, 2.75) is 51.1 Å². The molecule has 1 aromatic carbocycles. The first-order chi connectivity index (χ1) is 10.2. The molecular weight excluding hydrogens is 264 g/mol. The van der Waals surface area contributed by atoms with E-state index in [1.165, 1.54) is 12.8 Å². The third-order valence-corrected chi connectivity index (χ3v) is 4.36. The minimum atomic E-state index is -0.184. The van der Waals surface area contributed by atoms with Crippen LogP contribution >= 0.6 is 0 Å². The monoisotopic (exact) mass is 290 g/mol. The molecule has 4 nitrogen and oxygen atoms in total. The zero-order valence-electron chi connectivity index (χ0n) is 12.7. The number of benzene rings is 1. The average Bonchev–Trinajstić information content (AvgIpc) is 3.05. The molecule has 1 saturated carbocycles. The largest absolute Gasteiger partial charge is 0.394 e. The molecule has 0 heterocycles. The Morgan fingerprint density at radius 2 is 1.90 bits per heavy atom. The fourth-order valence-corrected chi connectivity index (χ4v) is 3.07. The van der Waals surface area contributed by atoms with Crippen molar-refractivity contribution in [3.05, 3.63) is 35.9 Å². The number of carbonyl (C=O) groups excluding carboxylic acids is 1. The van der Waals surface area contributed by atoms with Crippen LogP contribution in [0.2, 0.25) is 0 Å². The second-order valence-corrected chi connectivity index (χ2v) is 5.84. The lowest BCUT2D eigenvalue weighted by molar-refractivity contribution is 0.208. The molecule has 0 aliphatic heterocycles. The number of nitrogens with one attached hydrogen (secondary N) is 2. The van der Waals surface area contributed by atoms with Gasteiger partial charge in [0.25, 0.3) is 0 Å². The van der Waals surface area contributed by atoms with Crippen LogP contribution in [-0.2, 0) is 0 Å². The van der Waals surface area contributed by atoms with Crippen molar-refractivity contribution in [2.24, 2.45) is 5.92 Å². The number of hydrogen-bond donors (Lipinski definition) is 3. The van der Waals surface area contributed by atoms with Crippen LogP contribution in [-0.4, -0.2) is 23.8 Å². The minimum Gasteiger partial charge on any atom is -0.394 e. The summed E-state index contributed by atoms with van der Waals surface area (Å²) < 4.78 is 0. The summed E-state index contributed by atoms with van der Waals surface area (Å²) in [5.41, 5.74) is 1.16. The quantitative estimate of drug-likeness (QED) is 0.754. The van der Waals surface area contributed by atoms with Crippen molar-refractivity contribution >= 4 is 6.03 Å². The molecule has 0 bridgehead atoms. The second kappa shape index (κ2) is 8.03. The van der Waals surface area contributed by atoms with Gasteiger partial charge in [0.05, 0.1) is 18.7 Å². The van der Waals surface area contributed by atoms with Gasteiger partial charge in [-0.05, 0) is 30.7 Å². The number of aliphatic hydroxyl groups excluding tert-OH is 1. The van der Waals surface area contributed by atoms with Gasteiger partial charge in [0, 0.05) is 0 Å². The maximum Gasteiger partial charge on any atom is 0.315 e. The Morgan fingerprint density at radius 3 is 2.48 bits per heavy atom. The average molecular weight is 290 g/mol. The predicted molar refractivity (Wildman–Crippen MR) is 84.0 cm³/mol. The summed E-state index contributed by atoms with van der Waals surface area (Å²) in [6.07, 6.45) is 5.54. The summed E-state index contributed by atoms with van der Waals surface area (Å²) in [4.78, 5) is 12.2. The highest BCUT2D eigenvalue weighted by Gasteiger charge is 2.27. The molecule has 0 aromatic heterocycles. The predicted octanol–water partition coefficient (Wildman–Crippen LogP) is 2.99. The number of urea groups is 1. The topological polar surface area (TPSA) is 61.4 Å². The van der Waals surface area contributed by atoms with Gasteiger partial charge in [-0.25, -0.2) is 4.79 Å². The normalized spacial score (nSPS) is 18.2. The molecule has 4 heteroatoms. The van der Waals surface area contributed by atoms with E-state index in [-0.39, 0.29) is 24.7 Å². The summed E-state index contributed by atoms with van der Waals surface area (Å²) in [6.45, 7) is 1.93. The van der Waals surface area contributed by atoms with E-state index in [9.17, 15) is 9.90 Å². The van der Waals surface area contributed by atoms with Crippen molar-refractivity contribution in [2.75, 3.05) is 6.61 Å². The molecule has 2 amide bonds. The lowest BCUT2D eigenvalue weighted by Crippen LogP contribution is -2.46. The van der Waals surface area contributed by atoms with Gasteiger partial charge in [-0.2, -0.15) is 0 Å². The molecule has 1 aliphatic carbocycles. The van der Waals surface area contributed by atoms with Crippen LogP contribution in [0.25, 0.3) is 0 Å². The summed E-state index contributed by atoms with van der Waals surface area (Å²) in [5, 5.41) is 15.1. The Morgan fingerprint density at radius 1 is 1.24 bits per heavy atom. The molecular formula is C17H26N2O2. The molecule has 0 saturated heterocycles. The van der Waals surface area contributed by atoms with E-state index < -0.39 is 0 Å². The van der Waals surface area contributed by atoms with Crippen LogP contribution in [0.5, 0.6) is 0 Å². The van der Waals surface area contributed by atoms with Crippen LogP contribution in [0.15, 0.2) is 30.3 Å². The van der Waals surface area contributed by atoms with Crippen molar-refractivity contribution in [1.82, 2.24) is 10.6 Å². The first kappa shape index (κ1) is 15.8. The molecule has 116 valence electrons. The molecule has 1 aromatic rings. The molecule has 1 aliphatic rings.